The van der Waals surface area contributed by atoms with Crippen LogP contribution in [0.1, 0.15) is 41.5 Å². The van der Waals surface area contributed by atoms with E-state index in [0.29, 0.717) is 13.1 Å². The van der Waals surface area contributed by atoms with Gasteiger partial charge in [-0.15, -0.1) is 0 Å². The molecule has 0 bridgehead atoms. The van der Waals surface area contributed by atoms with Crippen molar-refractivity contribution in [1.29, 1.82) is 0 Å². The number of ether oxygens (including phenoxy) is 5. The van der Waals surface area contributed by atoms with Gasteiger partial charge in [-0.1, -0.05) is 13.8 Å². The van der Waals surface area contributed by atoms with Crippen molar-refractivity contribution < 1.29 is 42.9 Å². The Morgan fingerprint density at radius 2 is 1.29 bits per heavy atom. The maximum absolute atomic E-state index is 11.8. The standard InChI is InChI=1S/C18H29NO9/c1-7-19(8-2)15-17(26-12(5)22)16(25-11(4)21)14(9-24-10(3)20)28-18(15)27-13(6)23/h14-18H,7-9H2,1-6H3/t14-,15-,16-,17-,18-/m1/s1. The number of hydrogen-bond acceptors (Lipinski definition) is 10. The fraction of sp³-hybridized carbons (Fsp3) is 0.778. The summed E-state index contributed by atoms with van der Waals surface area (Å²) in [6.07, 6.45) is -4.17. The number of nitrogens with zero attached hydrogens (tertiary/aromatic N) is 1. The highest BCUT2D eigenvalue weighted by molar-refractivity contribution is 5.68. The molecule has 160 valence electrons. The summed E-state index contributed by atoms with van der Waals surface area (Å²) >= 11 is 0. The lowest BCUT2D eigenvalue weighted by Crippen LogP contribution is -2.66. The lowest BCUT2D eigenvalue weighted by atomic mass is 9.94. The Morgan fingerprint density at radius 3 is 1.71 bits per heavy atom. The molecule has 1 aliphatic rings. The number of likely N-dealkylation sites (N-methyl/N-ethyl adjacent to an activating group) is 1. The van der Waals surface area contributed by atoms with Crippen molar-refractivity contribution in [3.8, 4) is 0 Å². The summed E-state index contributed by atoms with van der Waals surface area (Å²) in [4.78, 5) is 48.2. The van der Waals surface area contributed by atoms with Crippen LogP contribution in [0.4, 0.5) is 0 Å². The van der Waals surface area contributed by atoms with Gasteiger partial charge in [0.1, 0.15) is 18.8 Å². The third kappa shape index (κ3) is 6.75. The summed E-state index contributed by atoms with van der Waals surface area (Å²) in [6.45, 7) is 9.42. The summed E-state index contributed by atoms with van der Waals surface area (Å²) in [5.41, 5.74) is 0. The summed E-state index contributed by atoms with van der Waals surface area (Å²) in [5, 5.41) is 0. The van der Waals surface area contributed by atoms with E-state index in [0.717, 1.165) is 0 Å². The smallest absolute Gasteiger partial charge is 0.304 e. The number of carbonyl (C=O) groups is 4. The van der Waals surface area contributed by atoms with Crippen LogP contribution in [-0.4, -0.2) is 79.1 Å². The molecule has 10 nitrogen and oxygen atoms in total. The molecule has 0 aliphatic carbocycles. The number of rotatable bonds is 8. The minimum absolute atomic E-state index is 0.270. The van der Waals surface area contributed by atoms with Gasteiger partial charge >= 0.3 is 23.9 Å². The second-order valence-corrected chi connectivity index (χ2v) is 6.31. The zero-order valence-electron chi connectivity index (χ0n) is 17.1. The average molecular weight is 403 g/mol. The molecule has 0 aromatic carbocycles. The van der Waals surface area contributed by atoms with Gasteiger partial charge in [-0.2, -0.15) is 0 Å². The number of hydrogen-bond donors (Lipinski definition) is 0. The van der Waals surface area contributed by atoms with E-state index in [1.54, 1.807) is 0 Å². The molecule has 0 unspecified atom stereocenters. The summed E-state index contributed by atoms with van der Waals surface area (Å²) in [7, 11) is 0. The van der Waals surface area contributed by atoms with Gasteiger partial charge in [-0.05, 0) is 13.1 Å². The van der Waals surface area contributed by atoms with Crippen LogP contribution < -0.4 is 0 Å². The van der Waals surface area contributed by atoms with Gasteiger partial charge < -0.3 is 23.7 Å². The molecular weight excluding hydrogens is 374 g/mol. The van der Waals surface area contributed by atoms with Crippen LogP contribution in [0.3, 0.4) is 0 Å². The zero-order chi connectivity index (χ0) is 21.4. The third-order valence-electron chi connectivity index (χ3n) is 4.19. The maximum Gasteiger partial charge on any atom is 0.304 e. The van der Waals surface area contributed by atoms with Crippen molar-refractivity contribution in [2.24, 2.45) is 0 Å². The topological polar surface area (TPSA) is 118 Å². The highest BCUT2D eigenvalue weighted by Crippen LogP contribution is 2.31. The Bertz CT molecular complexity index is 575. The first kappa shape index (κ1) is 23.8. The number of carbonyl (C=O) groups excluding carboxylic acids is 4. The maximum atomic E-state index is 11.8. The molecule has 0 saturated carbocycles. The van der Waals surface area contributed by atoms with Crippen LogP contribution in [0.5, 0.6) is 0 Å². The summed E-state index contributed by atoms with van der Waals surface area (Å²) in [6, 6.07) is -0.722. The van der Waals surface area contributed by atoms with Crippen molar-refractivity contribution in [2.75, 3.05) is 19.7 Å². The van der Waals surface area contributed by atoms with Crippen LogP contribution >= 0.6 is 0 Å². The Balaban J connectivity index is 3.37. The number of esters is 4. The molecule has 0 N–H and O–H groups in total. The zero-order valence-corrected chi connectivity index (χ0v) is 17.1. The normalized spacial score (nSPS) is 27.0. The van der Waals surface area contributed by atoms with Gasteiger partial charge in [0, 0.05) is 27.7 Å². The fourth-order valence-corrected chi connectivity index (χ4v) is 3.17. The molecule has 10 heteroatoms. The van der Waals surface area contributed by atoms with Crippen molar-refractivity contribution in [3.63, 3.8) is 0 Å². The van der Waals surface area contributed by atoms with Crippen LogP contribution in [0.2, 0.25) is 0 Å². The molecule has 0 spiro atoms. The first-order chi connectivity index (χ1) is 13.1. The van der Waals surface area contributed by atoms with Crippen molar-refractivity contribution in [1.82, 2.24) is 4.90 Å². The first-order valence-electron chi connectivity index (χ1n) is 9.15. The van der Waals surface area contributed by atoms with E-state index in [1.165, 1.54) is 27.7 Å². The van der Waals surface area contributed by atoms with Gasteiger partial charge in [0.15, 0.2) is 12.2 Å². The highest BCUT2D eigenvalue weighted by Gasteiger charge is 2.53. The van der Waals surface area contributed by atoms with E-state index >= 15 is 0 Å². The highest BCUT2D eigenvalue weighted by atomic mass is 16.7. The molecule has 5 atom stereocenters. The molecule has 28 heavy (non-hydrogen) atoms. The van der Waals surface area contributed by atoms with Crippen LogP contribution in [0, 0.1) is 0 Å². The van der Waals surface area contributed by atoms with Crippen LogP contribution in [0.25, 0.3) is 0 Å². The van der Waals surface area contributed by atoms with E-state index in [1.807, 2.05) is 18.7 Å². The lowest BCUT2D eigenvalue weighted by Gasteiger charge is -2.47. The van der Waals surface area contributed by atoms with Crippen LogP contribution in [-0.2, 0) is 42.9 Å². The first-order valence-corrected chi connectivity index (χ1v) is 9.15. The molecule has 0 amide bonds. The largest absolute Gasteiger partial charge is 0.463 e. The van der Waals surface area contributed by atoms with E-state index in [-0.39, 0.29) is 6.61 Å². The lowest BCUT2D eigenvalue weighted by molar-refractivity contribution is -0.285. The minimum atomic E-state index is -1.12. The molecule has 0 aromatic heterocycles. The average Bonchev–Trinajstić information content (AvgIpc) is 2.57. The molecule has 1 saturated heterocycles. The van der Waals surface area contributed by atoms with Gasteiger partial charge in [-0.3, -0.25) is 24.1 Å². The SMILES string of the molecule is CCN(CC)[C@H]1[C@H](OC(C)=O)O[C@H](COC(C)=O)[C@@H](OC(C)=O)[C@@H]1OC(C)=O. The quantitative estimate of drug-likeness (QED) is 0.416. The molecule has 0 aromatic rings. The van der Waals surface area contributed by atoms with Gasteiger partial charge in [-0.25, -0.2) is 0 Å². The second-order valence-electron chi connectivity index (χ2n) is 6.31. The van der Waals surface area contributed by atoms with Gasteiger partial charge in [0.05, 0.1) is 0 Å². The Labute approximate surface area is 164 Å². The van der Waals surface area contributed by atoms with E-state index in [4.69, 9.17) is 23.7 Å². The second kappa shape index (κ2) is 11.0. The van der Waals surface area contributed by atoms with E-state index in [2.05, 4.69) is 0 Å². The van der Waals surface area contributed by atoms with Crippen molar-refractivity contribution in [2.45, 2.75) is 72.2 Å². The molecule has 1 aliphatic heterocycles. The summed E-state index contributed by atoms with van der Waals surface area (Å²) in [5.74, 6) is -2.39. The fourth-order valence-electron chi connectivity index (χ4n) is 3.17. The summed E-state index contributed by atoms with van der Waals surface area (Å²) < 4.78 is 27.0. The Morgan fingerprint density at radius 1 is 0.786 bits per heavy atom. The predicted octanol–water partition coefficient (Wildman–Crippen LogP) is 0.411. The predicted molar refractivity (Wildman–Crippen MR) is 94.9 cm³/mol. The van der Waals surface area contributed by atoms with Crippen molar-refractivity contribution >= 4 is 23.9 Å². The molecule has 1 heterocycles. The van der Waals surface area contributed by atoms with E-state index < -0.39 is 54.5 Å². The third-order valence-corrected chi connectivity index (χ3v) is 4.19. The van der Waals surface area contributed by atoms with E-state index in [9.17, 15) is 19.2 Å². The Hall–Kier alpha value is -2.20. The molecule has 0 radical (unpaired) electrons. The molecular formula is C18H29NO9. The van der Waals surface area contributed by atoms with Gasteiger partial charge in [0.25, 0.3) is 0 Å². The Kier molecular flexibility index (Phi) is 9.33. The monoisotopic (exact) mass is 403 g/mol. The molecule has 1 fully saturated rings. The van der Waals surface area contributed by atoms with Crippen molar-refractivity contribution in [3.05, 3.63) is 0 Å². The van der Waals surface area contributed by atoms with Gasteiger partial charge in [0.2, 0.25) is 6.29 Å². The minimum Gasteiger partial charge on any atom is -0.463 e. The molecule has 1 rings (SSSR count). The van der Waals surface area contributed by atoms with Crippen LogP contribution in [0.15, 0.2) is 0 Å².